The summed E-state index contributed by atoms with van der Waals surface area (Å²) in [6, 6.07) is 0.451. The zero-order valence-corrected chi connectivity index (χ0v) is 13.4. The first kappa shape index (κ1) is 19.3. The molecule has 0 aromatic rings. The van der Waals surface area contributed by atoms with Gasteiger partial charge in [-0.05, 0) is 31.9 Å². The van der Waals surface area contributed by atoms with E-state index in [4.69, 9.17) is 0 Å². The number of hydrogen-bond acceptors (Lipinski definition) is 3. The molecular formula is C14H24Cl2N2O2. The van der Waals surface area contributed by atoms with Gasteiger partial charge in [-0.1, -0.05) is 19.3 Å². The monoisotopic (exact) mass is 322 g/mol. The molecule has 4 nitrogen and oxygen atoms in total. The summed E-state index contributed by atoms with van der Waals surface area (Å²) in [6.45, 7) is 2.86. The number of rotatable bonds is 4. The molecule has 1 saturated carbocycles. The molecule has 2 aliphatic rings. The van der Waals surface area contributed by atoms with E-state index < -0.39 is 5.97 Å². The van der Waals surface area contributed by atoms with Gasteiger partial charge < -0.3 is 10.0 Å². The van der Waals surface area contributed by atoms with Crippen LogP contribution in [0.25, 0.3) is 0 Å². The van der Waals surface area contributed by atoms with Crippen molar-refractivity contribution in [3.05, 3.63) is 23.9 Å². The molecule has 0 bridgehead atoms. The highest BCUT2D eigenvalue weighted by molar-refractivity contribution is 5.88. The SMILES string of the molecule is CCN1C=CC=C(C(=O)O)C1NC1CCCCC1.Cl.Cl. The first-order valence-electron chi connectivity index (χ1n) is 6.86. The molecule has 0 spiro atoms. The van der Waals surface area contributed by atoms with Crippen LogP contribution < -0.4 is 5.32 Å². The van der Waals surface area contributed by atoms with E-state index in [1.807, 2.05) is 19.2 Å². The minimum Gasteiger partial charge on any atom is -0.478 e. The van der Waals surface area contributed by atoms with Crippen LogP contribution in [-0.4, -0.2) is 34.7 Å². The van der Waals surface area contributed by atoms with Crippen molar-refractivity contribution in [1.29, 1.82) is 0 Å². The standard InChI is InChI=1S/C14H22N2O2.2ClH/c1-2-16-10-6-9-12(14(17)18)13(16)15-11-7-4-3-5-8-11;;/h6,9-11,13,15H,2-5,7-8H2,1H3,(H,17,18);2*1H. The second kappa shape index (κ2) is 9.27. The lowest BCUT2D eigenvalue weighted by molar-refractivity contribution is -0.133. The number of carboxylic acid groups (broad SMARTS) is 1. The van der Waals surface area contributed by atoms with E-state index in [9.17, 15) is 9.90 Å². The summed E-state index contributed by atoms with van der Waals surface area (Å²) >= 11 is 0. The average molecular weight is 323 g/mol. The van der Waals surface area contributed by atoms with Crippen LogP contribution >= 0.6 is 24.8 Å². The van der Waals surface area contributed by atoms with Crippen molar-refractivity contribution in [1.82, 2.24) is 10.2 Å². The number of likely N-dealkylation sites (N-methyl/N-ethyl adjacent to an activating group) is 1. The molecule has 2 rings (SSSR count). The first-order valence-corrected chi connectivity index (χ1v) is 6.86. The Morgan fingerprint density at radius 3 is 2.55 bits per heavy atom. The van der Waals surface area contributed by atoms with E-state index in [0.717, 1.165) is 19.4 Å². The molecule has 6 heteroatoms. The predicted molar refractivity (Wildman–Crippen MR) is 85.5 cm³/mol. The van der Waals surface area contributed by atoms with Crippen LogP contribution in [0, 0.1) is 0 Å². The number of nitrogens with one attached hydrogen (secondary N) is 1. The minimum atomic E-state index is -0.828. The quantitative estimate of drug-likeness (QED) is 0.835. The normalized spacial score (nSPS) is 22.6. The molecule has 1 unspecified atom stereocenters. The summed E-state index contributed by atoms with van der Waals surface area (Å²) in [5.41, 5.74) is 0.449. The number of aliphatic carboxylic acids is 1. The summed E-state index contributed by atoms with van der Waals surface area (Å²) in [7, 11) is 0. The molecule has 0 amide bonds. The summed E-state index contributed by atoms with van der Waals surface area (Å²) < 4.78 is 0. The summed E-state index contributed by atoms with van der Waals surface area (Å²) in [6.07, 6.45) is 11.4. The molecule has 0 aromatic heterocycles. The maximum Gasteiger partial charge on any atom is 0.335 e. The molecule has 20 heavy (non-hydrogen) atoms. The van der Waals surface area contributed by atoms with Gasteiger partial charge >= 0.3 is 5.97 Å². The number of allylic oxidation sites excluding steroid dienone is 2. The molecule has 0 aromatic carbocycles. The lowest BCUT2D eigenvalue weighted by atomic mass is 9.94. The average Bonchev–Trinajstić information content (AvgIpc) is 2.40. The van der Waals surface area contributed by atoms with Crippen molar-refractivity contribution in [3.8, 4) is 0 Å². The largest absolute Gasteiger partial charge is 0.478 e. The fourth-order valence-electron chi connectivity index (χ4n) is 2.77. The smallest absolute Gasteiger partial charge is 0.335 e. The van der Waals surface area contributed by atoms with Gasteiger partial charge in [0.25, 0.3) is 0 Å². The Labute approximate surface area is 133 Å². The maximum atomic E-state index is 11.3. The number of carboxylic acids is 1. The Kier molecular flexibility index (Phi) is 8.94. The molecule has 1 atom stereocenters. The highest BCUT2D eigenvalue weighted by atomic mass is 35.5. The topological polar surface area (TPSA) is 52.6 Å². The van der Waals surface area contributed by atoms with Gasteiger partial charge in [0.1, 0.15) is 6.17 Å². The molecule has 0 saturated heterocycles. The molecule has 1 aliphatic heterocycles. The lowest BCUT2D eigenvalue weighted by Crippen LogP contribution is -2.51. The molecule has 1 aliphatic carbocycles. The third-order valence-corrected chi connectivity index (χ3v) is 3.79. The first-order chi connectivity index (χ1) is 8.72. The molecule has 1 fully saturated rings. The summed E-state index contributed by atoms with van der Waals surface area (Å²) in [5, 5.41) is 12.8. The van der Waals surface area contributed by atoms with Gasteiger partial charge in [-0.15, -0.1) is 24.8 Å². The maximum absolute atomic E-state index is 11.3. The molecule has 116 valence electrons. The van der Waals surface area contributed by atoms with E-state index >= 15 is 0 Å². The number of nitrogens with zero attached hydrogens (tertiary/aromatic N) is 1. The molecule has 2 N–H and O–H groups in total. The number of carbonyl (C=O) groups is 1. The van der Waals surface area contributed by atoms with Crippen LogP contribution in [0.15, 0.2) is 23.9 Å². The van der Waals surface area contributed by atoms with Crippen molar-refractivity contribution >= 4 is 30.8 Å². The molecular weight excluding hydrogens is 299 g/mol. The zero-order valence-electron chi connectivity index (χ0n) is 11.7. The van der Waals surface area contributed by atoms with Crippen LogP contribution in [0.2, 0.25) is 0 Å². The Morgan fingerprint density at radius 2 is 2.00 bits per heavy atom. The number of hydrogen-bond donors (Lipinski definition) is 2. The van der Waals surface area contributed by atoms with Crippen LogP contribution in [0.5, 0.6) is 0 Å². The third-order valence-electron chi connectivity index (χ3n) is 3.79. The number of halogens is 2. The van der Waals surface area contributed by atoms with Gasteiger partial charge in [0.15, 0.2) is 0 Å². The minimum absolute atomic E-state index is 0. The highest BCUT2D eigenvalue weighted by Gasteiger charge is 2.28. The van der Waals surface area contributed by atoms with Crippen molar-refractivity contribution in [2.45, 2.75) is 51.2 Å². The van der Waals surface area contributed by atoms with Gasteiger partial charge in [0.2, 0.25) is 0 Å². The van der Waals surface area contributed by atoms with E-state index in [0.29, 0.717) is 11.6 Å². The van der Waals surface area contributed by atoms with Crippen LogP contribution in [0.1, 0.15) is 39.0 Å². The van der Waals surface area contributed by atoms with Gasteiger partial charge in [-0.3, -0.25) is 5.32 Å². The van der Waals surface area contributed by atoms with Gasteiger partial charge in [0, 0.05) is 18.8 Å². The van der Waals surface area contributed by atoms with Gasteiger partial charge in [0.05, 0.1) is 5.57 Å². The van der Waals surface area contributed by atoms with Crippen LogP contribution in [0.3, 0.4) is 0 Å². The second-order valence-electron chi connectivity index (χ2n) is 5.00. The van der Waals surface area contributed by atoms with Gasteiger partial charge in [-0.2, -0.15) is 0 Å². The Hall–Kier alpha value is -0.710. The van der Waals surface area contributed by atoms with E-state index in [-0.39, 0.29) is 31.0 Å². The van der Waals surface area contributed by atoms with Crippen molar-refractivity contribution in [2.24, 2.45) is 0 Å². The highest BCUT2D eigenvalue weighted by Crippen LogP contribution is 2.21. The third kappa shape index (κ3) is 4.69. The fraction of sp³-hybridized carbons (Fsp3) is 0.643. The van der Waals surface area contributed by atoms with E-state index in [1.165, 1.54) is 19.3 Å². The van der Waals surface area contributed by atoms with E-state index in [2.05, 4.69) is 10.2 Å². The van der Waals surface area contributed by atoms with Crippen molar-refractivity contribution in [3.63, 3.8) is 0 Å². The second-order valence-corrected chi connectivity index (χ2v) is 5.00. The molecule has 0 radical (unpaired) electrons. The van der Waals surface area contributed by atoms with Crippen molar-refractivity contribution < 1.29 is 9.90 Å². The Morgan fingerprint density at radius 1 is 1.35 bits per heavy atom. The predicted octanol–water partition coefficient (Wildman–Crippen LogP) is 2.94. The Balaban J connectivity index is 0.00000180. The van der Waals surface area contributed by atoms with Crippen LogP contribution in [0.4, 0.5) is 0 Å². The molecule has 1 heterocycles. The fourth-order valence-corrected chi connectivity index (χ4v) is 2.77. The van der Waals surface area contributed by atoms with Crippen molar-refractivity contribution in [2.75, 3.05) is 6.54 Å². The lowest BCUT2D eigenvalue weighted by Gasteiger charge is -2.37. The Bertz CT molecular complexity index is 366. The summed E-state index contributed by atoms with van der Waals surface area (Å²) in [5.74, 6) is -0.828. The zero-order chi connectivity index (χ0) is 13.0. The summed E-state index contributed by atoms with van der Waals surface area (Å²) in [4.78, 5) is 13.4. The van der Waals surface area contributed by atoms with E-state index in [1.54, 1.807) is 6.08 Å². The van der Waals surface area contributed by atoms with Gasteiger partial charge in [-0.25, -0.2) is 4.79 Å². The van der Waals surface area contributed by atoms with Crippen LogP contribution in [-0.2, 0) is 4.79 Å².